The molecule has 3 heteroatoms. The fourth-order valence-corrected chi connectivity index (χ4v) is 1.72. The Morgan fingerprint density at radius 2 is 2.12 bits per heavy atom. The van der Waals surface area contributed by atoms with Gasteiger partial charge in [0.15, 0.2) is 0 Å². The smallest absolute Gasteiger partial charge is 0.0991 e. The maximum absolute atomic E-state index is 8.81. The van der Waals surface area contributed by atoms with Gasteiger partial charge >= 0.3 is 0 Å². The molecule has 80 valence electrons. The fourth-order valence-electron chi connectivity index (χ4n) is 1.72. The third-order valence-corrected chi connectivity index (χ3v) is 2.54. The Hall–Kier alpha value is -2.05. The zero-order valence-electron chi connectivity index (χ0n) is 8.93. The molecule has 1 aromatic carbocycles. The summed E-state index contributed by atoms with van der Waals surface area (Å²) in [6.07, 6.45) is 2.00. The highest BCUT2D eigenvalue weighted by Gasteiger charge is 2.00. The summed E-state index contributed by atoms with van der Waals surface area (Å²) in [5.41, 5.74) is 8.54. The number of hydrogen-bond acceptors (Lipinski definition) is 2. The molecule has 2 aromatic rings. The zero-order chi connectivity index (χ0) is 11.4. The van der Waals surface area contributed by atoms with Crippen LogP contribution in [0.3, 0.4) is 0 Å². The minimum absolute atomic E-state index is 0.533. The largest absolute Gasteiger partial charge is 0.346 e. The molecule has 0 unspecified atom stereocenters. The average molecular weight is 211 g/mol. The first-order valence-electron chi connectivity index (χ1n) is 5.16. The third-order valence-electron chi connectivity index (χ3n) is 2.54. The first kappa shape index (κ1) is 10.5. The van der Waals surface area contributed by atoms with Crippen LogP contribution in [0.15, 0.2) is 42.6 Å². The number of nitrogens with two attached hydrogens (primary N) is 1. The Kier molecular flexibility index (Phi) is 3.04. The van der Waals surface area contributed by atoms with Gasteiger partial charge in [-0.2, -0.15) is 5.26 Å². The van der Waals surface area contributed by atoms with Crippen LogP contribution < -0.4 is 5.73 Å². The van der Waals surface area contributed by atoms with E-state index in [4.69, 9.17) is 11.0 Å². The highest BCUT2D eigenvalue weighted by molar-refractivity contribution is 5.33. The summed E-state index contributed by atoms with van der Waals surface area (Å²) in [4.78, 5) is 0. The lowest BCUT2D eigenvalue weighted by atomic mass is 10.1. The molecule has 0 fully saturated rings. The van der Waals surface area contributed by atoms with Gasteiger partial charge in [-0.1, -0.05) is 12.1 Å². The van der Waals surface area contributed by atoms with Crippen molar-refractivity contribution < 1.29 is 0 Å². The molecule has 0 aliphatic carbocycles. The molecule has 0 aliphatic rings. The predicted molar refractivity (Wildman–Crippen MR) is 62.6 cm³/mol. The van der Waals surface area contributed by atoms with Gasteiger partial charge in [0, 0.05) is 25.0 Å². The minimum atomic E-state index is 0.533. The van der Waals surface area contributed by atoms with Crippen LogP contribution >= 0.6 is 0 Å². The van der Waals surface area contributed by atoms with Gasteiger partial charge in [-0.25, -0.2) is 0 Å². The van der Waals surface area contributed by atoms with Crippen molar-refractivity contribution in [2.45, 2.75) is 13.1 Å². The molecule has 0 saturated carbocycles. The average Bonchev–Trinajstić information content (AvgIpc) is 2.76. The van der Waals surface area contributed by atoms with E-state index in [1.165, 1.54) is 0 Å². The molecular formula is C13H13N3. The van der Waals surface area contributed by atoms with E-state index in [0.717, 1.165) is 17.8 Å². The zero-order valence-corrected chi connectivity index (χ0v) is 8.93. The molecule has 1 heterocycles. The number of benzene rings is 1. The van der Waals surface area contributed by atoms with E-state index in [9.17, 15) is 0 Å². The summed E-state index contributed by atoms with van der Waals surface area (Å²) >= 11 is 0. The summed E-state index contributed by atoms with van der Waals surface area (Å²) in [5, 5.41) is 8.81. The van der Waals surface area contributed by atoms with Crippen LogP contribution in [0.2, 0.25) is 0 Å². The predicted octanol–water partition coefficient (Wildman–Crippen LogP) is 1.87. The molecule has 0 radical (unpaired) electrons. The number of aromatic nitrogens is 1. The Morgan fingerprint density at radius 3 is 2.88 bits per heavy atom. The van der Waals surface area contributed by atoms with Crippen LogP contribution in [-0.4, -0.2) is 4.57 Å². The van der Waals surface area contributed by atoms with Crippen molar-refractivity contribution in [3.63, 3.8) is 0 Å². The van der Waals surface area contributed by atoms with E-state index < -0.39 is 0 Å². The van der Waals surface area contributed by atoms with Crippen LogP contribution in [0.25, 0.3) is 0 Å². The second-order valence-electron chi connectivity index (χ2n) is 3.64. The third kappa shape index (κ3) is 2.13. The topological polar surface area (TPSA) is 54.7 Å². The van der Waals surface area contributed by atoms with Crippen molar-refractivity contribution in [2.24, 2.45) is 5.73 Å². The molecule has 0 aliphatic heterocycles. The lowest BCUT2D eigenvalue weighted by Crippen LogP contribution is -2.07. The summed E-state index contributed by atoms with van der Waals surface area (Å²) in [5.74, 6) is 0. The first-order chi connectivity index (χ1) is 7.83. The van der Waals surface area contributed by atoms with Gasteiger partial charge < -0.3 is 10.3 Å². The Morgan fingerprint density at radius 1 is 1.25 bits per heavy atom. The van der Waals surface area contributed by atoms with Crippen LogP contribution in [0.5, 0.6) is 0 Å². The van der Waals surface area contributed by atoms with Crippen molar-refractivity contribution in [1.82, 2.24) is 4.57 Å². The van der Waals surface area contributed by atoms with Crippen molar-refractivity contribution in [1.29, 1.82) is 5.26 Å². The molecule has 0 atom stereocenters. The molecular weight excluding hydrogens is 198 g/mol. The molecule has 1 aromatic heterocycles. The minimum Gasteiger partial charge on any atom is -0.346 e. The van der Waals surface area contributed by atoms with Crippen molar-refractivity contribution in [2.75, 3.05) is 0 Å². The number of nitriles is 1. The number of nitrogens with zero attached hydrogens (tertiary/aromatic N) is 2. The SMILES string of the molecule is N#Cc1cccc(Cn2cccc2CN)c1. The summed E-state index contributed by atoms with van der Waals surface area (Å²) in [6, 6.07) is 13.8. The van der Waals surface area contributed by atoms with E-state index in [1.54, 1.807) is 0 Å². The Labute approximate surface area is 94.7 Å². The molecule has 0 bridgehead atoms. The second kappa shape index (κ2) is 4.65. The van der Waals surface area contributed by atoms with Gasteiger partial charge in [-0.3, -0.25) is 0 Å². The highest BCUT2D eigenvalue weighted by Crippen LogP contribution is 2.09. The number of hydrogen-bond donors (Lipinski definition) is 1. The van der Waals surface area contributed by atoms with Crippen LogP contribution in [-0.2, 0) is 13.1 Å². The van der Waals surface area contributed by atoms with E-state index in [-0.39, 0.29) is 0 Å². The van der Waals surface area contributed by atoms with Gasteiger partial charge in [0.05, 0.1) is 11.6 Å². The molecule has 3 nitrogen and oxygen atoms in total. The Balaban J connectivity index is 2.24. The summed E-state index contributed by atoms with van der Waals surface area (Å²) in [7, 11) is 0. The quantitative estimate of drug-likeness (QED) is 0.842. The molecule has 0 amide bonds. The van der Waals surface area contributed by atoms with Gasteiger partial charge in [0.25, 0.3) is 0 Å². The standard InChI is InChI=1S/C13H13N3/c14-8-11-3-1-4-12(7-11)10-16-6-2-5-13(16)9-15/h1-7H,9-10,15H2. The van der Waals surface area contributed by atoms with Crippen molar-refractivity contribution in [3.05, 3.63) is 59.4 Å². The lowest BCUT2D eigenvalue weighted by Gasteiger charge is -2.07. The van der Waals surface area contributed by atoms with Gasteiger partial charge in [0.2, 0.25) is 0 Å². The molecule has 16 heavy (non-hydrogen) atoms. The van der Waals surface area contributed by atoms with Crippen molar-refractivity contribution in [3.8, 4) is 6.07 Å². The van der Waals surface area contributed by atoms with Crippen LogP contribution in [0, 0.1) is 11.3 Å². The molecule has 0 saturated heterocycles. The molecule has 2 rings (SSSR count). The maximum atomic E-state index is 8.81. The van der Waals surface area contributed by atoms with E-state index >= 15 is 0 Å². The highest BCUT2D eigenvalue weighted by atomic mass is 15.0. The van der Waals surface area contributed by atoms with E-state index in [1.807, 2.05) is 42.6 Å². The summed E-state index contributed by atoms with van der Waals surface area (Å²) in [6.45, 7) is 1.29. The normalized spacial score (nSPS) is 10.0. The molecule has 0 spiro atoms. The van der Waals surface area contributed by atoms with Gasteiger partial charge in [-0.15, -0.1) is 0 Å². The maximum Gasteiger partial charge on any atom is 0.0991 e. The van der Waals surface area contributed by atoms with Gasteiger partial charge in [-0.05, 0) is 29.8 Å². The van der Waals surface area contributed by atoms with Gasteiger partial charge in [0.1, 0.15) is 0 Å². The van der Waals surface area contributed by atoms with E-state index in [0.29, 0.717) is 12.1 Å². The fraction of sp³-hybridized carbons (Fsp3) is 0.154. The van der Waals surface area contributed by atoms with Crippen molar-refractivity contribution >= 4 is 0 Å². The lowest BCUT2D eigenvalue weighted by molar-refractivity contribution is 0.744. The number of rotatable bonds is 3. The Bertz CT molecular complexity index is 520. The monoisotopic (exact) mass is 211 g/mol. The van der Waals surface area contributed by atoms with E-state index in [2.05, 4.69) is 10.6 Å². The molecule has 2 N–H and O–H groups in total. The first-order valence-corrected chi connectivity index (χ1v) is 5.16. The summed E-state index contributed by atoms with van der Waals surface area (Å²) < 4.78 is 2.09. The van der Waals surface area contributed by atoms with Crippen LogP contribution in [0.1, 0.15) is 16.8 Å². The van der Waals surface area contributed by atoms with Crippen LogP contribution in [0.4, 0.5) is 0 Å². The second-order valence-corrected chi connectivity index (χ2v) is 3.64.